The third kappa shape index (κ3) is 3.82. The molecule has 3 heterocycles. The van der Waals surface area contributed by atoms with E-state index in [-0.39, 0.29) is 5.91 Å². The number of carbonyl (C=O) groups is 1. The van der Waals surface area contributed by atoms with Crippen LogP contribution in [0.1, 0.15) is 24.0 Å². The summed E-state index contributed by atoms with van der Waals surface area (Å²) in [7, 11) is 0. The molecule has 0 radical (unpaired) electrons. The second-order valence-electron chi connectivity index (χ2n) is 7.24. The minimum Gasteiger partial charge on any atom is -0.369 e. The molecule has 5 heteroatoms. The number of anilines is 1. The van der Waals surface area contributed by atoms with Crippen LogP contribution < -0.4 is 4.90 Å². The molecule has 1 saturated heterocycles. The van der Waals surface area contributed by atoms with Crippen LogP contribution in [0.15, 0.2) is 48.9 Å². The molecule has 5 nitrogen and oxygen atoms in total. The Labute approximate surface area is 160 Å². The normalized spacial score (nSPS) is 15.1. The third-order valence-electron chi connectivity index (χ3n) is 5.46. The van der Waals surface area contributed by atoms with Gasteiger partial charge >= 0.3 is 0 Å². The lowest BCUT2D eigenvalue weighted by Gasteiger charge is -2.25. The van der Waals surface area contributed by atoms with Crippen molar-refractivity contribution in [1.29, 1.82) is 0 Å². The SMILES string of the molecule is Cc1cnccc1N1CCCN(C(=O)CCc2c[nH]c3ccccc23)CC1. The number of benzene rings is 1. The number of fused-ring (bicyclic) bond motifs is 1. The topological polar surface area (TPSA) is 52.2 Å². The molecule has 1 amide bonds. The van der Waals surface area contributed by atoms with Gasteiger partial charge in [0, 0.05) is 67.8 Å². The van der Waals surface area contributed by atoms with Crippen LogP contribution in [-0.4, -0.2) is 47.0 Å². The van der Waals surface area contributed by atoms with Crippen molar-refractivity contribution < 1.29 is 4.79 Å². The minimum absolute atomic E-state index is 0.258. The summed E-state index contributed by atoms with van der Waals surface area (Å²) < 4.78 is 0. The molecule has 0 saturated carbocycles. The van der Waals surface area contributed by atoms with Gasteiger partial charge in [0.05, 0.1) is 0 Å². The average molecular weight is 362 g/mol. The van der Waals surface area contributed by atoms with E-state index in [1.165, 1.54) is 22.2 Å². The van der Waals surface area contributed by atoms with Crippen LogP contribution >= 0.6 is 0 Å². The first-order valence-electron chi connectivity index (χ1n) is 9.71. The number of amides is 1. The number of aromatic amines is 1. The number of nitrogens with one attached hydrogen (secondary N) is 1. The van der Waals surface area contributed by atoms with Crippen molar-refractivity contribution in [2.45, 2.75) is 26.2 Å². The predicted octanol–water partition coefficient (Wildman–Crippen LogP) is 3.54. The number of hydrogen-bond acceptors (Lipinski definition) is 3. The summed E-state index contributed by atoms with van der Waals surface area (Å²) in [5, 5.41) is 1.22. The zero-order valence-electron chi connectivity index (χ0n) is 15.8. The van der Waals surface area contributed by atoms with E-state index in [9.17, 15) is 4.79 Å². The van der Waals surface area contributed by atoms with E-state index in [2.05, 4.69) is 40.0 Å². The van der Waals surface area contributed by atoms with Gasteiger partial charge in [-0.05, 0) is 43.0 Å². The van der Waals surface area contributed by atoms with Crippen molar-refractivity contribution in [3.8, 4) is 0 Å². The number of hydrogen-bond donors (Lipinski definition) is 1. The van der Waals surface area contributed by atoms with Crippen LogP contribution in [0.4, 0.5) is 5.69 Å². The molecule has 1 fully saturated rings. The van der Waals surface area contributed by atoms with Gasteiger partial charge < -0.3 is 14.8 Å². The fraction of sp³-hybridized carbons (Fsp3) is 0.364. The summed E-state index contributed by atoms with van der Waals surface area (Å²) in [4.78, 5) is 24.7. The molecule has 27 heavy (non-hydrogen) atoms. The summed E-state index contributed by atoms with van der Waals surface area (Å²) in [6, 6.07) is 10.3. The molecule has 0 bridgehead atoms. The summed E-state index contributed by atoms with van der Waals surface area (Å²) in [5.41, 5.74) is 4.79. The number of aryl methyl sites for hydroxylation is 2. The van der Waals surface area contributed by atoms with Gasteiger partial charge in [0.2, 0.25) is 5.91 Å². The first-order valence-corrected chi connectivity index (χ1v) is 9.71. The quantitative estimate of drug-likeness (QED) is 0.772. The Morgan fingerprint density at radius 3 is 2.93 bits per heavy atom. The second kappa shape index (κ2) is 7.82. The van der Waals surface area contributed by atoms with Crippen LogP contribution in [0.25, 0.3) is 10.9 Å². The lowest BCUT2D eigenvalue weighted by atomic mass is 10.1. The molecule has 1 aliphatic heterocycles. The average Bonchev–Trinajstić information content (AvgIpc) is 2.94. The van der Waals surface area contributed by atoms with Gasteiger partial charge in [0.1, 0.15) is 0 Å². The number of nitrogens with zero attached hydrogens (tertiary/aromatic N) is 3. The first-order chi connectivity index (χ1) is 13.2. The Balaban J connectivity index is 1.36. The molecule has 2 aromatic heterocycles. The van der Waals surface area contributed by atoms with E-state index < -0.39 is 0 Å². The highest BCUT2D eigenvalue weighted by molar-refractivity contribution is 5.84. The predicted molar refractivity (Wildman–Crippen MR) is 109 cm³/mol. The summed E-state index contributed by atoms with van der Waals surface area (Å²) in [6.45, 7) is 5.58. The molecular weight excluding hydrogens is 336 g/mol. The zero-order chi connectivity index (χ0) is 18.6. The fourth-order valence-electron chi connectivity index (χ4n) is 3.97. The first kappa shape index (κ1) is 17.6. The Kier molecular flexibility index (Phi) is 5.10. The molecule has 1 aromatic carbocycles. The van der Waals surface area contributed by atoms with Crippen molar-refractivity contribution in [1.82, 2.24) is 14.9 Å². The van der Waals surface area contributed by atoms with Gasteiger partial charge in [-0.25, -0.2) is 0 Å². The molecule has 0 aliphatic carbocycles. The Bertz CT molecular complexity index is 933. The molecule has 0 spiro atoms. The van der Waals surface area contributed by atoms with Crippen molar-refractivity contribution in [2.75, 3.05) is 31.1 Å². The number of rotatable bonds is 4. The molecule has 140 valence electrons. The number of carbonyl (C=O) groups excluding carboxylic acids is 1. The monoisotopic (exact) mass is 362 g/mol. The highest BCUT2D eigenvalue weighted by Crippen LogP contribution is 2.21. The van der Waals surface area contributed by atoms with E-state index >= 15 is 0 Å². The maximum Gasteiger partial charge on any atom is 0.222 e. The fourth-order valence-corrected chi connectivity index (χ4v) is 3.97. The molecule has 0 atom stereocenters. The van der Waals surface area contributed by atoms with Crippen LogP contribution in [0.3, 0.4) is 0 Å². The van der Waals surface area contributed by atoms with E-state index in [4.69, 9.17) is 0 Å². The van der Waals surface area contributed by atoms with Crippen molar-refractivity contribution in [3.63, 3.8) is 0 Å². The van der Waals surface area contributed by atoms with E-state index in [0.29, 0.717) is 6.42 Å². The van der Waals surface area contributed by atoms with Gasteiger partial charge in [0.25, 0.3) is 0 Å². The lowest BCUT2D eigenvalue weighted by Crippen LogP contribution is -2.35. The van der Waals surface area contributed by atoms with E-state index in [1.54, 1.807) is 0 Å². The summed E-state index contributed by atoms with van der Waals surface area (Å²) >= 11 is 0. The maximum atomic E-state index is 12.8. The van der Waals surface area contributed by atoms with E-state index in [1.807, 2.05) is 35.6 Å². The summed E-state index contributed by atoms with van der Waals surface area (Å²) in [6.07, 6.45) is 8.14. The molecular formula is C22H26N4O. The zero-order valence-corrected chi connectivity index (χ0v) is 15.8. The van der Waals surface area contributed by atoms with Crippen LogP contribution in [0.2, 0.25) is 0 Å². The van der Waals surface area contributed by atoms with Gasteiger partial charge in [-0.2, -0.15) is 0 Å². The van der Waals surface area contributed by atoms with Crippen molar-refractivity contribution in [3.05, 3.63) is 60.0 Å². The van der Waals surface area contributed by atoms with Crippen molar-refractivity contribution in [2.24, 2.45) is 0 Å². The third-order valence-corrected chi connectivity index (χ3v) is 5.46. The van der Waals surface area contributed by atoms with Gasteiger partial charge in [-0.3, -0.25) is 9.78 Å². The lowest BCUT2D eigenvalue weighted by molar-refractivity contribution is -0.130. The second-order valence-corrected chi connectivity index (χ2v) is 7.24. The molecule has 1 N–H and O–H groups in total. The Morgan fingerprint density at radius 2 is 2.04 bits per heavy atom. The van der Waals surface area contributed by atoms with Crippen LogP contribution in [0, 0.1) is 6.92 Å². The minimum atomic E-state index is 0.258. The number of para-hydroxylation sites is 1. The molecule has 4 rings (SSSR count). The molecule has 3 aromatic rings. The molecule has 0 unspecified atom stereocenters. The van der Waals surface area contributed by atoms with Gasteiger partial charge in [-0.15, -0.1) is 0 Å². The van der Waals surface area contributed by atoms with Gasteiger partial charge in [-0.1, -0.05) is 18.2 Å². The number of aromatic nitrogens is 2. The summed E-state index contributed by atoms with van der Waals surface area (Å²) in [5.74, 6) is 0.258. The smallest absolute Gasteiger partial charge is 0.222 e. The van der Waals surface area contributed by atoms with Crippen molar-refractivity contribution >= 4 is 22.5 Å². The number of H-pyrrole nitrogens is 1. The van der Waals surface area contributed by atoms with Crippen LogP contribution in [-0.2, 0) is 11.2 Å². The van der Waals surface area contributed by atoms with Crippen LogP contribution in [0.5, 0.6) is 0 Å². The van der Waals surface area contributed by atoms with Gasteiger partial charge in [0.15, 0.2) is 0 Å². The standard InChI is InChI=1S/C22H26N4O/c1-17-15-23-10-9-21(17)25-11-4-12-26(14-13-25)22(27)8-7-18-16-24-20-6-3-2-5-19(18)20/h2-3,5-6,9-10,15-16,24H,4,7-8,11-14H2,1H3. The van der Waals surface area contributed by atoms with E-state index in [0.717, 1.165) is 44.5 Å². The largest absolute Gasteiger partial charge is 0.369 e. The highest BCUT2D eigenvalue weighted by atomic mass is 16.2. The number of pyridine rings is 1. The Morgan fingerprint density at radius 1 is 1.15 bits per heavy atom. The highest BCUT2D eigenvalue weighted by Gasteiger charge is 2.20. The maximum absolute atomic E-state index is 12.8. The molecule has 1 aliphatic rings. The Hall–Kier alpha value is -2.82.